The monoisotopic (exact) mass is 285 g/mol. The summed E-state index contributed by atoms with van der Waals surface area (Å²) in [5.41, 5.74) is 6.85. The average molecular weight is 285 g/mol. The maximum Gasteiger partial charge on any atom is 0.202 e. The standard InChI is InChI=1S/C18H13N4/c1-11-5-13-9-21-10-14-7-15(19-3)16(20-4)8-18(14)22(21)17(13)6-12(11)2/h5-8,10H,9H2,1-2H3/q+1. The molecule has 3 aromatic rings. The van der Waals surface area contributed by atoms with Crippen LogP contribution in [0, 0.1) is 27.0 Å². The molecule has 1 aliphatic rings. The van der Waals surface area contributed by atoms with Crippen LogP contribution in [0.25, 0.3) is 26.3 Å². The fraction of sp³-hybridized carbons (Fsp3) is 0.167. The van der Waals surface area contributed by atoms with Gasteiger partial charge in [0.05, 0.1) is 18.5 Å². The van der Waals surface area contributed by atoms with E-state index in [1.807, 2.05) is 12.1 Å². The minimum absolute atomic E-state index is 0.418. The Kier molecular flexibility index (Phi) is 2.40. The van der Waals surface area contributed by atoms with Gasteiger partial charge in [-0.25, -0.2) is 0 Å². The average Bonchev–Trinajstić information content (AvgIpc) is 3.01. The van der Waals surface area contributed by atoms with Crippen molar-refractivity contribution in [2.45, 2.75) is 20.4 Å². The second-order valence-electron chi connectivity index (χ2n) is 5.73. The van der Waals surface area contributed by atoms with Crippen molar-refractivity contribution >= 4 is 22.3 Å². The Morgan fingerprint density at radius 2 is 1.68 bits per heavy atom. The molecular formula is C18H13N4+. The summed E-state index contributed by atoms with van der Waals surface area (Å²) < 4.78 is 4.30. The fourth-order valence-corrected chi connectivity index (χ4v) is 3.15. The van der Waals surface area contributed by atoms with Crippen molar-refractivity contribution in [1.82, 2.24) is 4.68 Å². The predicted octanol–water partition coefficient (Wildman–Crippen LogP) is 4.00. The molecule has 0 fully saturated rings. The summed E-state index contributed by atoms with van der Waals surface area (Å²) >= 11 is 0. The lowest BCUT2D eigenvalue weighted by atomic mass is 10.0. The number of aromatic nitrogens is 2. The number of benzene rings is 2. The third-order valence-corrected chi connectivity index (χ3v) is 4.39. The molecule has 0 unspecified atom stereocenters. The van der Waals surface area contributed by atoms with Crippen LogP contribution in [0.5, 0.6) is 0 Å². The van der Waals surface area contributed by atoms with Crippen LogP contribution in [0.3, 0.4) is 0 Å². The highest BCUT2D eigenvalue weighted by molar-refractivity contribution is 5.91. The van der Waals surface area contributed by atoms with Crippen molar-refractivity contribution in [3.8, 4) is 5.69 Å². The normalized spacial score (nSPS) is 11.8. The molecule has 0 aliphatic carbocycles. The van der Waals surface area contributed by atoms with Gasteiger partial charge in [-0.15, -0.1) is 9.36 Å². The number of aryl methyl sites for hydroxylation is 2. The van der Waals surface area contributed by atoms with Crippen molar-refractivity contribution in [1.29, 1.82) is 0 Å². The van der Waals surface area contributed by atoms with Crippen LogP contribution >= 0.6 is 0 Å². The third kappa shape index (κ3) is 1.52. The van der Waals surface area contributed by atoms with Crippen molar-refractivity contribution in [2.75, 3.05) is 0 Å². The summed E-state index contributed by atoms with van der Waals surface area (Å²) in [4.78, 5) is 6.96. The highest BCUT2D eigenvalue weighted by Crippen LogP contribution is 2.35. The maximum absolute atomic E-state index is 7.29. The van der Waals surface area contributed by atoms with Gasteiger partial charge in [0.25, 0.3) is 0 Å². The van der Waals surface area contributed by atoms with Gasteiger partial charge in [0.15, 0.2) is 17.9 Å². The quantitative estimate of drug-likeness (QED) is 0.343. The number of hydrogen-bond donors (Lipinski definition) is 0. The van der Waals surface area contributed by atoms with Gasteiger partial charge < -0.3 is 0 Å². The highest BCUT2D eigenvalue weighted by atomic mass is 15.4. The van der Waals surface area contributed by atoms with E-state index < -0.39 is 0 Å². The molecule has 0 spiro atoms. The molecule has 104 valence electrons. The molecule has 0 bridgehead atoms. The Morgan fingerprint density at radius 1 is 1.00 bits per heavy atom. The molecule has 2 heterocycles. The second kappa shape index (κ2) is 4.19. The molecular weight excluding hydrogens is 272 g/mol. The molecule has 2 aromatic carbocycles. The van der Waals surface area contributed by atoms with Gasteiger partial charge in [-0.2, -0.15) is 0 Å². The van der Waals surface area contributed by atoms with Crippen LogP contribution in [0.4, 0.5) is 11.4 Å². The fourth-order valence-electron chi connectivity index (χ4n) is 3.15. The Balaban J connectivity index is 2.07. The van der Waals surface area contributed by atoms with Crippen LogP contribution in [-0.4, -0.2) is 4.68 Å². The Hall–Kier alpha value is -3.11. The van der Waals surface area contributed by atoms with Gasteiger partial charge >= 0.3 is 0 Å². The zero-order chi connectivity index (χ0) is 15.4. The minimum Gasteiger partial charge on any atom is -0.250 e. The van der Waals surface area contributed by atoms with Gasteiger partial charge in [-0.3, -0.25) is 9.69 Å². The lowest BCUT2D eigenvalue weighted by molar-refractivity contribution is -0.749. The molecule has 0 saturated carbocycles. The number of rotatable bonds is 0. The summed E-state index contributed by atoms with van der Waals surface area (Å²) in [5.74, 6) is 0. The summed E-state index contributed by atoms with van der Waals surface area (Å²) in [7, 11) is 0. The smallest absolute Gasteiger partial charge is 0.202 e. The van der Waals surface area contributed by atoms with Gasteiger partial charge in [0, 0.05) is 5.56 Å². The number of nitrogens with zero attached hydrogens (tertiary/aromatic N) is 4. The first kappa shape index (κ1) is 12.6. The molecule has 0 amide bonds. The van der Waals surface area contributed by atoms with Gasteiger partial charge in [-0.1, -0.05) is 6.07 Å². The summed E-state index contributed by atoms with van der Waals surface area (Å²) in [6, 6.07) is 8.08. The van der Waals surface area contributed by atoms with E-state index >= 15 is 0 Å². The molecule has 4 rings (SSSR count). The van der Waals surface area contributed by atoms with E-state index in [-0.39, 0.29) is 0 Å². The Bertz CT molecular complexity index is 1040. The zero-order valence-corrected chi connectivity index (χ0v) is 12.4. The maximum atomic E-state index is 7.29. The lowest BCUT2D eigenvalue weighted by Gasteiger charge is -2.04. The summed E-state index contributed by atoms with van der Waals surface area (Å²) in [5, 5.41) is 1.00. The Morgan fingerprint density at radius 3 is 2.41 bits per heavy atom. The second-order valence-corrected chi connectivity index (χ2v) is 5.73. The lowest BCUT2D eigenvalue weighted by Crippen LogP contribution is -2.36. The largest absolute Gasteiger partial charge is 0.250 e. The molecule has 4 heteroatoms. The molecule has 0 radical (unpaired) electrons. The predicted molar refractivity (Wildman–Crippen MR) is 84.6 cm³/mol. The van der Waals surface area contributed by atoms with E-state index in [4.69, 9.17) is 13.1 Å². The molecule has 0 saturated heterocycles. The van der Waals surface area contributed by atoms with Crippen LogP contribution in [0.2, 0.25) is 0 Å². The SMILES string of the molecule is [C-]#[N+]c1cc2c[n+]3n(c2cc1[N+]#[C-])-c1cc(C)c(C)cc1C3. The van der Waals surface area contributed by atoms with Crippen LogP contribution in [0.15, 0.2) is 30.5 Å². The minimum atomic E-state index is 0.418. The molecule has 22 heavy (non-hydrogen) atoms. The van der Waals surface area contributed by atoms with Crippen molar-refractivity contribution in [2.24, 2.45) is 0 Å². The van der Waals surface area contributed by atoms with E-state index in [0.29, 0.717) is 11.4 Å². The van der Waals surface area contributed by atoms with E-state index in [9.17, 15) is 0 Å². The van der Waals surface area contributed by atoms with E-state index in [1.165, 1.54) is 22.4 Å². The number of hydrogen-bond acceptors (Lipinski definition) is 0. The summed E-state index contributed by atoms with van der Waals surface area (Å²) in [6.07, 6.45) is 2.06. The van der Waals surface area contributed by atoms with Gasteiger partial charge in [-0.05, 0) is 43.2 Å². The van der Waals surface area contributed by atoms with Gasteiger partial charge in [0.1, 0.15) is 11.2 Å². The third-order valence-electron chi connectivity index (χ3n) is 4.39. The summed E-state index contributed by atoms with van der Waals surface area (Å²) in [6.45, 7) is 19.6. The van der Waals surface area contributed by atoms with Crippen molar-refractivity contribution in [3.05, 3.63) is 70.0 Å². The van der Waals surface area contributed by atoms with Crippen molar-refractivity contribution in [3.63, 3.8) is 0 Å². The molecule has 4 nitrogen and oxygen atoms in total. The first-order valence-corrected chi connectivity index (χ1v) is 7.07. The van der Waals surface area contributed by atoms with Crippen LogP contribution in [0.1, 0.15) is 16.7 Å². The van der Waals surface area contributed by atoms with E-state index in [1.54, 1.807) is 0 Å². The topological polar surface area (TPSA) is 17.5 Å². The highest BCUT2D eigenvalue weighted by Gasteiger charge is 2.29. The number of fused-ring (bicyclic) bond motifs is 5. The van der Waals surface area contributed by atoms with Crippen LogP contribution in [-0.2, 0) is 6.54 Å². The van der Waals surface area contributed by atoms with Crippen molar-refractivity contribution < 1.29 is 4.68 Å². The first-order valence-electron chi connectivity index (χ1n) is 7.07. The Labute approximate surface area is 128 Å². The first-order chi connectivity index (χ1) is 10.6. The molecule has 1 aromatic heterocycles. The van der Waals surface area contributed by atoms with E-state index in [2.05, 4.69) is 51.2 Å². The zero-order valence-electron chi connectivity index (χ0n) is 12.4. The van der Waals surface area contributed by atoms with E-state index in [0.717, 1.165) is 17.4 Å². The van der Waals surface area contributed by atoms with Gasteiger partial charge in [0.2, 0.25) is 6.20 Å². The molecule has 1 aliphatic heterocycles. The molecule has 0 N–H and O–H groups in total. The molecule has 0 atom stereocenters. The van der Waals surface area contributed by atoms with Crippen LogP contribution < -0.4 is 4.68 Å².